The fourth-order valence-electron chi connectivity index (χ4n) is 1.32. The Kier molecular flexibility index (Phi) is 9.25. The number of nitrogens with zero attached hydrogens (tertiary/aromatic N) is 2. The standard InChI is InChI=1S/C10H18N2.C2H2O4/c1-2-3-4-5-6-8-12-9-7-11-10-12;3-1(4)2(5)6/h7,9-10H,2-6,8H2,1H3;(H,3,4)(H,5,6). The second kappa shape index (κ2) is 10.3. The van der Waals surface area contributed by atoms with Crippen LogP contribution >= 0.6 is 0 Å². The number of rotatable bonds is 6. The monoisotopic (exact) mass is 256 g/mol. The number of imidazole rings is 1. The Bertz CT molecular complexity index is 324. The van der Waals surface area contributed by atoms with E-state index in [0.717, 1.165) is 6.54 Å². The molecule has 0 saturated carbocycles. The number of aliphatic carboxylic acids is 2. The third kappa shape index (κ3) is 9.38. The van der Waals surface area contributed by atoms with Crippen LogP contribution in [0, 0.1) is 0 Å². The summed E-state index contributed by atoms with van der Waals surface area (Å²) in [5, 5.41) is 14.8. The van der Waals surface area contributed by atoms with E-state index in [9.17, 15) is 0 Å². The van der Waals surface area contributed by atoms with Gasteiger partial charge in [0.15, 0.2) is 0 Å². The van der Waals surface area contributed by atoms with Crippen molar-refractivity contribution in [1.82, 2.24) is 9.55 Å². The zero-order valence-corrected chi connectivity index (χ0v) is 10.6. The van der Waals surface area contributed by atoms with Crippen LogP contribution in [0.2, 0.25) is 0 Å². The van der Waals surface area contributed by atoms with Gasteiger partial charge >= 0.3 is 11.9 Å². The van der Waals surface area contributed by atoms with Crippen LogP contribution in [0.1, 0.15) is 39.0 Å². The van der Waals surface area contributed by atoms with Gasteiger partial charge in [0.25, 0.3) is 0 Å². The number of hydrogen-bond acceptors (Lipinski definition) is 3. The summed E-state index contributed by atoms with van der Waals surface area (Å²) in [6.07, 6.45) is 12.5. The van der Waals surface area contributed by atoms with E-state index in [2.05, 4.69) is 16.5 Å². The lowest BCUT2D eigenvalue weighted by Gasteiger charge is -2.00. The largest absolute Gasteiger partial charge is 0.473 e. The van der Waals surface area contributed by atoms with Crippen LogP contribution in [0.15, 0.2) is 18.7 Å². The third-order valence-corrected chi connectivity index (χ3v) is 2.26. The minimum atomic E-state index is -1.82. The molecule has 0 aliphatic rings. The molecule has 18 heavy (non-hydrogen) atoms. The predicted molar refractivity (Wildman–Crippen MR) is 66.3 cm³/mol. The molecule has 0 amide bonds. The van der Waals surface area contributed by atoms with Crippen LogP contribution in [0.5, 0.6) is 0 Å². The molecule has 1 aromatic heterocycles. The van der Waals surface area contributed by atoms with Crippen molar-refractivity contribution in [2.45, 2.75) is 45.6 Å². The summed E-state index contributed by atoms with van der Waals surface area (Å²) in [6.45, 7) is 3.37. The fourth-order valence-corrected chi connectivity index (χ4v) is 1.32. The van der Waals surface area contributed by atoms with Crippen molar-refractivity contribution < 1.29 is 19.8 Å². The number of unbranched alkanes of at least 4 members (excludes halogenated alkanes) is 4. The van der Waals surface area contributed by atoms with E-state index < -0.39 is 11.9 Å². The lowest BCUT2D eigenvalue weighted by atomic mass is 10.1. The second-order valence-electron chi connectivity index (χ2n) is 3.83. The van der Waals surface area contributed by atoms with Crippen LogP contribution in [0.4, 0.5) is 0 Å². The summed E-state index contributed by atoms with van der Waals surface area (Å²) in [7, 11) is 0. The van der Waals surface area contributed by atoms with Crippen molar-refractivity contribution in [1.29, 1.82) is 0 Å². The van der Waals surface area contributed by atoms with Crippen molar-refractivity contribution in [3.05, 3.63) is 18.7 Å². The number of carbonyl (C=O) groups is 2. The smallest absolute Gasteiger partial charge is 0.414 e. The lowest BCUT2D eigenvalue weighted by Crippen LogP contribution is -2.09. The summed E-state index contributed by atoms with van der Waals surface area (Å²) >= 11 is 0. The second-order valence-corrected chi connectivity index (χ2v) is 3.83. The van der Waals surface area contributed by atoms with Gasteiger partial charge in [-0.2, -0.15) is 0 Å². The Balaban J connectivity index is 0.000000411. The van der Waals surface area contributed by atoms with E-state index in [1.807, 2.05) is 18.7 Å². The first-order chi connectivity index (χ1) is 8.57. The number of carboxylic acids is 2. The summed E-state index contributed by atoms with van der Waals surface area (Å²) in [4.78, 5) is 22.2. The van der Waals surface area contributed by atoms with Gasteiger partial charge in [-0.3, -0.25) is 0 Å². The van der Waals surface area contributed by atoms with Gasteiger partial charge in [-0.15, -0.1) is 0 Å². The minimum absolute atomic E-state index is 1.13. The van der Waals surface area contributed by atoms with E-state index in [0.29, 0.717) is 0 Å². The minimum Gasteiger partial charge on any atom is -0.473 e. The van der Waals surface area contributed by atoms with Crippen molar-refractivity contribution in [2.75, 3.05) is 0 Å². The third-order valence-electron chi connectivity index (χ3n) is 2.26. The number of aryl methyl sites for hydroxylation is 1. The fraction of sp³-hybridized carbons (Fsp3) is 0.583. The summed E-state index contributed by atoms with van der Waals surface area (Å²) in [5.74, 6) is -3.65. The average Bonchev–Trinajstić information content (AvgIpc) is 2.82. The average molecular weight is 256 g/mol. The summed E-state index contributed by atoms with van der Waals surface area (Å²) < 4.78 is 2.14. The van der Waals surface area contributed by atoms with Crippen LogP contribution in [0.3, 0.4) is 0 Å². The zero-order chi connectivity index (χ0) is 13.8. The van der Waals surface area contributed by atoms with Gasteiger partial charge in [0.1, 0.15) is 0 Å². The Labute approximate surface area is 106 Å². The highest BCUT2D eigenvalue weighted by atomic mass is 16.4. The van der Waals surface area contributed by atoms with Gasteiger partial charge in [0, 0.05) is 18.9 Å². The molecule has 0 aliphatic carbocycles. The van der Waals surface area contributed by atoms with Crippen molar-refractivity contribution in [2.24, 2.45) is 0 Å². The molecule has 0 atom stereocenters. The van der Waals surface area contributed by atoms with Gasteiger partial charge in [-0.1, -0.05) is 32.6 Å². The van der Waals surface area contributed by atoms with E-state index >= 15 is 0 Å². The molecular formula is C12H20N2O4. The van der Waals surface area contributed by atoms with Crippen LogP contribution in [-0.4, -0.2) is 31.7 Å². The van der Waals surface area contributed by atoms with Crippen LogP contribution < -0.4 is 0 Å². The number of carboxylic acid groups (broad SMARTS) is 2. The van der Waals surface area contributed by atoms with Crippen LogP contribution in [0.25, 0.3) is 0 Å². The zero-order valence-electron chi connectivity index (χ0n) is 10.6. The maximum atomic E-state index is 9.10. The number of hydrogen-bond donors (Lipinski definition) is 2. The highest BCUT2D eigenvalue weighted by Gasteiger charge is 2.04. The topological polar surface area (TPSA) is 92.4 Å². The highest BCUT2D eigenvalue weighted by molar-refractivity contribution is 6.27. The molecule has 6 nitrogen and oxygen atoms in total. The van der Waals surface area contributed by atoms with E-state index in [-0.39, 0.29) is 0 Å². The van der Waals surface area contributed by atoms with Crippen molar-refractivity contribution in [3.8, 4) is 0 Å². The maximum absolute atomic E-state index is 9.10. The van der Waals surface area contributed by atoms with Gasteiger partial charge in [-0.25, -0.2) is 14.6 Å². The molecule has 0 aliphatic heterocycles. The molecule has 0 aromatic carbocycles. The van der Waals surface area contributed by atoms with Gasteiger partial charge < -0.3 is 14.8 Å². The SMILES string of the molecule is CCCCCCCn1ccnc1.O=C(O)C(=O)O. The van der Waals surface area contributed by atoms with Crippen molar-refractivity contribution in [3.63, 3.8) is 0 Å². The molecule has 0 unspecified atom stereocenters. The van der Waals surface area contributed by atoms with Gasteiger partial charge in [0.05, 0.1) is 6.33 Å². The van der Waals surface area contributed by atoms with Crippen molar-refractivity contribution >= 4 is 11.9 Å². The normalized spacial score (nSPS) is 9.39. The molecular weight excluding hydrogens is 236 g/mol. The Morgan fingerprint density at radius 3 is 2.17 bits per heavy atom. The summed E-state index contributed by atoms with van der Waals surface area (Å²) in [6, 6.07) is 0. The van der Waals surface area contributed by atoms with E-state index in [1.165, 1.54) is 32.1 Å². The molecule has 0 saturated heterocycles. The van der Waals surface area contributed by atoms with Crippen LogP contribution in [-0.2, 0) is 16.1 Å². The predicted octanol–water partition coefficient (Wildman–Crippen LogP) is 2.01. The first-order valence-electron chi connectivity index (χ1n) is 5.99. The molecule has 0 bridgehead atoms. The molecule has 1 heterocycles. The maximum Gasteiger partial charge on any atom is 0.414 e. The lowest BCUT2D eigenvalue weighted by molar-refractivity contribution is -0.159. The van der Waals surface area contributed by atoms with E-state index in [1.54, 1.807) is 0 Å². The molecule has 102 valence electrons. The Morgan fingerprint density at radius 2 is 1.72 bits per heavy atom. The number of aromatic nitrogens is 2. The highest BCUT2D eigenvalue weighted by Crippen LogP contribution is 2.03. The molecule has 0 fully saturated rings. The molecule has 0 radical (unpaired) electrons. The Morgan fingerprint density at radius 1 is 1.11 bits per heavy atom. The molecule has 1 rings (SSSR count). The first kappa shape index (κ1) is 16.1. The van der Waals surface area contributed by atoms with E-state index in [4.69, 9.17) is 19.8 Å². The summed E-state index contributed by atoms with van der Waals surface area (Å²) in [5.41, 5.74) is 0. The molecule has 1 aromatic rings. The van der Waals surface area contributed by atoms with Gasteiger partial charge in [0.2, 0.25) is 0 Å². The first-order valence-corrected chi connectivity index (χ1v) is 5.99. The molecule has 2 N–H and O–H groups in total. The molecule has 0 spiro atoms. The molecule has 6 heteroatoms. The Hall–Kier alpha value is -1.85. The quantitative estimate of drug-likeness (QED) is 0.600. The van der Waals surface area contributed by atoms with Gasteiger partial charge in [-0.05, 0) is 6.42 Å².